The molecule has 5 aromatic rings. The number of halogens is 1. The molecular weight excluding hydrogens is 676 g/mol. The second-order valence-corrected chi connectivity index (χ2v) is 13.2. The number of aliphatic hydroxyl groups excluding tert-OH is 1. The Labute approximate surface area is 297 Å². The molecule has 0 saturated carbocycles. The average molecular weight is 718 g/mol. The highest BCUT2D eigenvalue weighted by Gasteiger charge is 2.53. The summed E-state index contributed by atoms with van der Waals surface area (Å²) in [5.41, 5.74) is 4.85. The molecule has 0 spiro atoms. The van der Waals surface area contributed by atoms with Crippen LogP contribution in [-0.2, 0) is 22.4 Å². The summed E-state index contributed by atoms with van der Waals surface area (Å²) in [5.74, 6) is 0.944. The first-order valence-electron chi connectivity index (χ1n) is 16.9. The van der Waals surface area contributed by atoms with Crippen molar-refractivity contribution in [2.75, 3.05) is 19.8 Å². The number of ether oxygens (including phenoxy) is 2. The van der Waals surface area contributed by atoms with Gasteiger partial charge in [0.15, 0.2) is 11.6 Å². The van der Waals surface area contributed by atoms with Gasteiger partial charge in [0.2, 0.25) is 5.90 Å². The molecule has 0 unspecified atom stereocenters. The van der Waals surface area contributed by atoms with Crippen molar-refractivity contribution in [3.63, 3.8) is 0 Å². The zero-order valence-corrected chi connectivity index (χ0v) is 29.0. The van der Waals surface area contributed by atoms with Crippen molar-refractivity contribution in [3.05, 3.63) is 160 Å². The van der Waals surface area contributed by atoms with Gasteiger partial charge in [0.05, 0.1) is 6.61 Å². The fourth-order valence-electron chi connectivity index (χ4n) is 6.13. The number of amides is 1. The Morgan fingerprint density at radius 3 is 2.10 bits per heavy atom. The molecule has 6 rings (SSSR count). The third kappa shape index (κ3) is 8.66. The van der Waals surface area contributed by atoms with E-state index in [1.165, 1.54) is 5.56 Å². The Kier molecular flexibility index (Phi) is 11.6. The molecule has 0 aliphatic carbocycles. The molecule has 1 aliphatic heterocycles. The number of nitrogens with one attached hydrogen (secondary N) is 1. The van der Waals surface area contributed by atoms with E-state index in [0.29, 0.717) is 37.6 Å². The first kappa shape index (κ1) is 34.2. The van der Waals surface area contributed by atoms with Gasteiger partial charge in [-0.25, -0.2) is 4.99 Å². The number of benzene rings is 5. The van der Waals surface area contributed by atoms with Crippen LogP contribution in [0.4, 0.5) is 0 Å². The number of carbonyl (C=O) groups is 1. The first-order valence-corrected chi connectivity index (χ1v) is 17.7. The monoisotopic (exact) mass is 716 g/mol. The fourth-order valence-corrected chi connectivity index (χ4v) is 6.39. The van der Waals surface area contributed by atoms with Gasteiger partial charge in [0.25, 0.3) is 5.91 Å². The third-order valence-corrected chi connectivity index (χ3v) is 9.29. The molecule has 2 N–H and O–H groups in total. The maximum Gasteiger partial charge on any atom is 0.252 e. The van der Waals surface area contributed by atoms with Crippen LogP contribution in [0.3, 0.4) is 0 Å². The lowest BCUT2D eigenvalue weighted by Crippen LogP contribution is -2.50. The smallest absolute Gasteiger partial charge is 0.252 e. The summed E-state index contributed by atoms with van der Waals surface area (Å²) in [6.45, 7) is 1.04. The first-order chi connectivity index (χ1) is 24.0. The minimum absolute atomic E-state index is 0.0754. The molecule has 2 atom stereocenters. The number of rotatable bonds is 15. The second kappa shape index (κ2) is 16.6. The van der Waals surface area contributed by atoms with Crippen LogP contribution in [0.2, 0.25) is 0 Å². The summed E-state index contributed by atoms with van der Waals surface area (Å²) in [5, 5.41) is 12.4. The molecule has 5 aromatic carbocycles. The lowest BCUT2D eigenvalue weighted by Gasteiger charge is -2.31. The van der Waals surface area contributed by atoms with Crippen LogP contribution in [-0.4, -0.2) is 42.2 Å². The summed E-state index contributed by atoms with van der Waals surface area (Å²) in [6, 6.07) is 44.5. The third-order valence-electron chi connectivity index (χ3n) is 8.76. The molecule has 7 heteroatoms. The normalized spacial score (nSPS) is 16.9. The molecule has 49 heavy (non-hydrogen) atoms. The fraction of sp³-hybridized carbons (Fsp3) is 0.238. The maximum absolute atomic E-state index is 14.6. The maximum atomic E-state index is 14.6. The van der Waals surface area contributed by atoms with Gasteiger partial charge in [-0.15, -0.1) is 0 Å². The molecule has 0 bridgehead atoms. The predicted molar refractivity (Wildman–Crippen MR) is 199 cm³/mol. The molecular formula is C42H41BrN2O4. The molecule has 250 valence electrons. The minimum Gasteiger partial charge on any atom is -0.494 e. The highest BCUT2D eigenvalue weighted by molar-refractivity contribution is 9.10. The average Bonchev–Trinajstić information content (AvgIpc) is 3.54. The number of carbonyl (C=O) groups excluding carboxylic acids is 1. The molecule has 0 radical (unpaired) electrons. The summed E-state index contributed by atoms with van der Waals surface area (Å²) >= 11 is 3.55. The number of hydrogen-bond donors (Lipinski definition) is 2. The highest BCUT2D eigenvalue weighted by Crippen LogP contribution is 2.43. The molecule has 1 amide bonds. The van der Waals surface area contributed by atoms with Gasteiger partial charge in [-0.1, -0.05) is 113 Å². The summed E-state index contributed by atoms with van der Waals surface area (Å²) < 4.78 is 13.5. The molecule has 6 nitrogen and oxygen atoms in total. The lowest BCUT2D eigenvalue weighted by atomic mass is 9.81. The van der Waals surface area contributed by atoms with Crippen molar-refractivity contribution >= 4 is 27.7 Å². The minimum atomic E-state index is -1.26. The summed E-state index contributed by atoms with van der Waals surface area (Å²) in [4.78, 5) is 19.8. The van der Waals surface area contributed by atoms with Crippen LogP contribution in [0, 0.1) is 0 Å². The van der Waals surface area contributed by atoms with Crippen LogP contribution in [0.15, 0.2) is 143 Å². The van der Waals surface area contributed by atoms with Gasteiger partial charge in [0, 0.05) is 36.0 Å². The van der Waals surface area contributed by atoms with Crippen LogP contribution in [0.25, 0.3) is 11.1 Å². The Bertz CT molecular complexity index is 1810. The second-order valence-electron chi connectivity index (χ2n) is 12.3. The van der Waals surface area contributed by atoms with E-state index in [1.54, 1.807) is 0 Å². The van der Waals surface area contributed by atoms with E-state index in [0.717, 1.165) is 51.6 Å². The van der Waals surface area contributed by atoms with Crippen molar-refractivity contribution in [2.24, 2.45) is 4.99 Å². The number of unbranched alkanes of at least 4 members (excludes halogenated alkanes) is 1. The van der Waals surface area contributed by atoms with E-state index < -0.39 is 11.6 Å². The van der Waals surface area contributed by atoms with Crippen molar-refractivity contribution in [2.45, 2.75) is 43.7 Å². The Balaban J connectivity index is 1.32. The number of aliphatic imine (C=N–C) groups is 1. The standard InChI is InChI=1S/C42H41BrN2O4/c43-37-23-15-32(16-24-37)30-42(41(47)44-27-8-7-12-31-10-3-1-4-11-31)39(35-19-17-34(18-20-35)33-13-5-2-6-14-33)49-40(45-42)36-21-25-38(26-22-36)48-29-9-28-46/h1-6,10-11,13-26,39,46H,7-9,12,27-30H2,(H,44,47)/t39-,42-/m1/s1. The van der Waals surface area contributed by atoms with Gasteiger partial charge in [-0.3, -0.25) is 4.79 Å². The Morgan fingerprint density at radius 1 is 0.755 bits per heavy atom. The van der Waals surface area contributed by atoms with Crippen molar-refractivity contribution in [3.8, 4) is 16.9 Å². The largest absolute Gasteiger partial charge is 0.494 e. The van der Waals surface area contributed by atoms with Crippen LogP contribution < -0.4 is 10.1 Å². The molecule has 0 fully saturated rings. The number of nitrogens with zero attached hydrogens (tertiary/aromatic N) is 1. The van der Waals surface area contributed by atoms with Crippen molar-refractivity contribution in [1.82, 2.24) is 5.32 Å². The molecule has 0 aromatic heterocycles. The van der Waals surface area contributed by atoms with E-state index in [1.807, 2.05) is 84.9 Å². The van der Waals surface area contributed by atoms with Crippen LogP contribution in [0.5, 0.6) is 5.75 Å². The summed E-state index contributed by atoms with van der Waals surface area (Å²) in [6.07, 6.45) is 3.02. The van der Waals surface area contributed by atoms with E-state index in [-0.39, 0.29) is 12.5 Å². The zero-order chi connectivity index (χ0) is 33.9. The molecule has 1 aliphatic rings. The zero-order valence-electron chi connectivity index (χ0n) is 27.4. The SMILES string of the molecule is O=C(NCCCCc1ccccc1)[C@]1(Cc2ccc(Br)cc2)N=C(c2ccc(OCCCO)cc2)O[C@@H]1c1ccc(-c2ccccc2)cc1. The number of aryl methyl sites for hydroxylation is 1. The molecule has 0 saturated heterocycles. The Morgan fingerprint density at radius 2 is 1.41 bits per heavy atom. The van der Waals surface area contributed by atoms with Gasteiger partial charge in [-0.05, 0) is 83.5 Å². The predicted octanol–water partition coefficient (Wildman–Crippen LogP) is 8.52. The van der Waals surface area contributed by atoms with Gasteiger partial charge in [-0.2, -0.15) is 0 Å². The number of aliphatic hydroxyl groups is 1. The topological polar surface area (TPSA) is 80.2 Å². The van der Waals surface area contributed by atoms with Crippen molar-refractivity contribution in [1.29, 1.82) is 0 Å². The number of hydrogen-bond acceptors (Lipinski definition) is 5. The van der Waals surface area contributed by atoms with E-state index in [4.69, 9.17) is 19.6 Å². The van der Waals surface area contributed by atoms with Gasteiger partial charge < -0.3 is 19.9 Å². The van der Waals surface area contributed by atoms with Gasteiger partial charge in [0.1, 0.15) is 5.75 Å². The van der Waals surface area contributed by atoms with E-state index in [9.17, 15) is 4.79 Å². The van der Waals surface area contributed by atoms with Crippen LogP contribution in [0.1, 0.15) is 47.6 Å². The lowest BCUT2D eigenvalue weighted by molar-refractivity contribution is -0.128. The molecule has 1 heterocycles. The van der Waals surface area contributed by atoms with Crippen molar-refractivity contribution < 1.29 is 19.4 Å². The van der Waals surface area contributed by atoms with Gasteiger partial charge >= 0.3 is 0 Å². The van der Waals surface area contributed by atoms with E-state index in [2.05, 4.69) is 69.8 Å². The Hall–Kier alpha value is -4.72. The quantitative estimate of drug-likeness (QED) is 0.107. The highest BCUT2D eigenvalue weighted by atomic mass is 79.9. The van der Waals surface area contributed by atoms with E-state index >= 15 is 0 Å². The summed E-state index contributed by atoms with van der Waals surface area (Å²) in [7, 11) is 0. The van der Waals surface area contributed by atoms with Crippen LogP contribution >= 0.6 is 15.9 Å².